The Morgan fingerprint density at radius 2 is 2.30 bits per heavy atom. The van der Waals surface area contributed by atoms with Crippen LogP contribution in [-0.2, 0) is 0 Å². The second-order valence-corrected chi connectivity index (χ2v) is 2.59. The molecular formula is C9H13N. The molecule has 0 bridgehead atoms. The number of hydrogen-bond acceptors (Lipinski definition) is 1. The van der Waals surface area contributed by atoms with E-state index in [-0.39, 0.29) is 0 Å². The molecule has 1 heteroatoms. The standard InChI is InChI=1S/C9H13N/c1-4-9-6-10-8(3)5-7(9)2/h4-5,10H,1,6H2,2-3H3. The van der Waals surface area contributed by atoms with Crippen LogP contribution in [0.25, 0.3) is 0 Å². The zero-order chi connectivity index (χ0) is 7.56. The summed E-state index contributed by atoms with van der Waals surface area (Å²) in [5, 5.41) is 3.25. The van der Waals surface area contributed by atoms with Gasteiger partial charge in [0.2, 0.25) is 0 Å². The molecule has 1 aliphatic rings. The van der Waals surface area contributed by atoms with Crippen LogP contribution in [0.1, 0.15) is 13.8 Å². The SMILES string of the molecule is C=CC1=C(C)C=C(C)NC1. The average molecular weight is 135 g/mol. The highest BCUT2D eigenvalue weighted by Crippen LogP contribution is 2.12. The molecule has 0 unspecified atom stereocenters. The maximum absolute atomic E-state index is 3.73. The Morgan fingerprint density at radius 1 is 1.60 bits per heavy atom. The van der Waals surface area contributed by atoms with Crippen molar-refractivity contribution in [1.29, 1.82) is 0 Å². The Hall–Kier alpha value is -0.980. The lowest BCUT2D eigenvalue weighted by Crippen LogP contribution is -2.18. The lowest BCUT2D eigenvalue weighted by Gasteiger charge is -2.15. The van der Waals surface area contributed by atoms with E-state index in [0.717, 1.165) is 6.54 Å². The van der Waals surface area contributed by atoms with Crippen LogP contribution in [0.15, 0.2) is 35.6 Å². The average Bonchev–Trinajstić information content (AvgIpc) is 1.88. The number of hydrogen-bond donors (Lipinski definition) is 1. The van der Waals surface area contributed by atoms with E-state index in [9.17, 15) is 0 Å². The van der Waals surface area contributed by atoms with Gasteiger partial charge in [0.1, 0.15) is 0 Å². The Kier molecular flexibility index (Phi) is 1.95. The van der Waals surface area contributed by atoms with Crippen molar-refractivity contribution in [3.05, 3.63) is 35.6 Å². The fourth-order valence-corrected chi connectivity index (χ4v) is 1.08. The second kappa shape index (κ2) is 2.74. The summed E-state index contributed by atoms with van der Waals surface area (Å²) in [4.78, 5) is 0. The van der Waals surface area contributed by atoms with Gasteiger partial charge < -0.3 is 5.32 Å². The van der Waals surface area contributed by atoms with Crippen molar-refractivity contribution >= 4 is 0 Å². The number of nitrogens with one attached hydrogen (secondary N) is 1. The molecule has 1 aliphatic heterocycles. The molecule has 0 spiro atoms. The first-order valence-corrected chi connectivity index (χ1v) is 3.48. The Labute approximate surface area is 62.1 Å². The molecule has 0 amide bonds. The topological polar surface area (TPSA) is 12.0 Å². The van der Waals surface area contributed by atoms with Crippen LogP contribution >= 0.6 is 0 Å². The van der Waals surface area contributed by atoms with Crippen LogP contribution in [0.4, 0.5) is 0 Å². The van der Waals surface area contributed by atoms with E-state index in [1.807, 2.05) is 6.08 Å². The van der Waals surface area contributed by atoms with Gasteiger partial charge in [-0.25, -0.2) is 0 Å². The van der Waals surface area contributed by atoms with Gasteiger partial charge in [0.15, 0.2) is 0 Å². The number of allylic oxidation sites excluding steroid dienone is 3. The summed E-state index contributed by atoms with van der Waals surface area (Å²) in [5.74, 6) is 0. The minimum atomic E-state index is 0.928. The zero-order valence-electron chi connectivity index (χ0n) is 6.57. The smallest absolute Gasteiger partial charge is 0.0400 e. The Bertz CT molecular complexity index is 209. The summed E-state index contributed by atoms with van der Waals surface area (Å²) in [7, 11) is 0. The van der Waals surface area contributed by atoms with E-state index in [0.29, 0.717) is 0 Å². The molecule has 0 aliphatic carbocycles. The van der Waals surface area contributed by atoms with Crippen LogP contribution in [0.5, 0.6) is 0 Å². The van der Waals surface area contributed by atoms with E-state index in [1.165, 1.54) is 16.8 Å². The maximum Gasteiger partial charge on any atom is 0.0400 e. The molecule has 1 N–H and O–H groups in total. The molecule has 10 heavy (non-hydrogen) atoms. The highest BCUT2D eigenvalue weighted by Gasteiger charge is 2.02. The van der Waals surface area contributed by atoms with Gasteiger partial charge in [0, 0.05) is 12.2 Å². The van der Waals surface area contributed by atoms with Crippen molar-refractivity contribution in [3.8, 4) is 0 Å². The molecule has 1 nitrogen and oxygen atoms in total. The summed E-state index contributed by atoms with van der Waals surface area (Å²) in [6.07, 6.45) is 4.05. The highest BCUT2D eigenvalue weighted by molar-refractivity contribution is 5.36. The monoisotopic (exact) mass is 135 g/mol. The highest BCUT2D eigenvalue weighted by atomic mass is 14.9. The first-order chi connectivity index (χ1) is 4.74. The summed E-state index contributed by atoms with van der Waals surface area (Å²) < 4.78 is 0. The normalized spacial score (nSPS) is 18.0. The van der Waals surface area contributed by atoms with Crippen LogP contribution in [0.2, 0.25) is 0 Å². The molecule has 0 atom stereocenters. The summed E-state index contributed by atoms with van der Waals surface area (Å²) >= 11 is 0. The van der Waals surface area contributed by atoms with Gasteiger partial charge in [-0.3, -0.25) is 0 Å². The van der Waals surface area contributed by atoms with Crippen LogP contribution in [-0.4, -0.2) is 6.54 Å². The third kappa shape index (κ3) is 1.29. The first-order valence-electron chi connectivity index (χ1n) is 3.48. The lowest BCUT2D eigenvalue weighted by atomic mass is 10.1. The number of dihydropyridines is 1. The van der Waals surface area contributed by atoms with E-state index in [1.54, 1.807) is 0 Å². The molecule has 0 aromatic carbocycles. The van der Waals surface area contributed by atoms with Gasteiger partial charge in [-0.1, -0.05) is 12.7 Å². The van der Waals surface area contributed by atoms with E-state index >= 15 is 0 Å². The largest absolute Gasteiger partial charge is 0.384 e. The van der Waals surface area contributed by atoms with Gasteiger partial charge in [-0.2, -0.15) is 0 Å². The van der Waals surface area contributed by atoms with E-state index in [2.05, 4.69) is 31.8 Å². The zero-order valence-corrected chi connectivity index (χ0v) is 6.57. The van der Waals surface area contributed by atoms with Crippen LogP contribution in [0.3, 0.4) is 0 Å². The quantitative estimate of drug-likeness (QED) is 0.580. The number of rotatable bonds is 1. The molecule has 0 aromatic heterocycles. The maximum atomic E-state index is 3.73. The summed E-state index contributed by atoms with van der Waals surface area (Å²) in [5.41, 5.74) is 3.86. The minimum Gasteiger partial charge on any atom is -0.384 e. The molecule has 0 aromatic rings. The molecule has 1 rings (SSSR count). The second-order valence-electron chi connectivity index (χ2n) is 2.59. The molecule has 0 fully saturated rings. The van der Waals surface area contributed by atoms with Crippen molar-refractivity contribution in [2.45, 2.75) is 13.8 Å². The van der Waals surface area contributed by atoms with Gasteiger partial charge >= 0.3 is 0 Å². The van der Waals surface area contributed by atoms with Gasteiger partial charge in [0.05, 0.1) is 0 Å². The molecule has 1 heterocycles. The molecule has 0 saturated carbocycles. The minimum absolute atomic E-state index is 0.928. The van der Waals surface area contributed by atoms with Crippen LogP contribution < -0.4 is 5.32 Å². The van der Waals surface area contributed by atoms with Crippen molar-refractivity contribution in [2.75, 3.05) is 6.54 Å². The van der Waals surface area contributed by atoms with Crippen molar-refractivity contribution in [3.63, 3.8) is 0 Å². The Morgan fingerprint density at radius 3 is 2.80 bits per heavy atom. The summed E-state index contributed by atoms with van der Waals surface area (Å²) in [6.45, 7) is 8.85. The Balaban J connectivity index is 2.90. The van der Waals surface area contributed by atoms with Crippen LogP contribution in [0, 0.1) is 0 Å². The molecule has 0 radical (unpaired) electrons. The summed E-state index contributed by atoms with van der Waals surface area (Å²) in [6, 6.07) is 0. The van der Waals surface area contributed by atoms with Gasteiger partial charge in [-0.05, 0) is 31.1 Å². The fourth-order valence-electron chi connectivity index (χ4n) is 1.08. The lowest BCUT2D eigenvalue weighted by molar-refractivity contribution is 0.855. The molecular weight excluding hydrogens is 122 g/mol. The molecule has 54 valence electrons. The van der Waals surface area contributed by atoms with E-state index < -0.39 is 0 Å². The predicted octanol–water partition coefficient (Wildman–Crippen LogP) is 2.00. The molecule has 0 saturated heterocycles. The van der Waals surface area contributed by atoms with Crippen molar-refractivity contribution < 1.29 is 0 Å². The van der Waals surface area contributed by atoms with Crippen molar-refractivity contribution in [2.24, 2.45) is 0 Å². The van der Waals surface area contributed by atoms with Gasteiger partial charge in [-0.15, -0.1) is 0 Å². The first kappa shape index (κ1) is 7.13. The third-order valence-corrected chi connectivity index (χ3v) is 1.74. The third-order valence-electron chi connectivity index (χ3n) is 1.74. The van der Waals surface area contributed by atoms with Crippen molar-refractivity contribution in [1.82, 2.24) is 5.32 Å². The van der Waals surface area contributed by atoms with Gasteiger partial charge in [0.25, 0.3) is 0 Å². The predicted molar refractivity (Wildman–Crippen MR) is 44.7 cm³/mol. The van der Waals surface area contributed by atoms with E-state index in [4.69, 9.17) is 0 Å². The fraction of sp³-hybridized carbons (Fsp3) is 0.333.